The maximum absolute atomic E-state index is 5.57. The fourth-order valence-electron chi connectivity index (χ4n) is 2.17. The summed E-state index contributed by atoms with van der Waals surface area (Å²) in [5, 5.41) is 6.76. The molecule has 5 heteroatoms. The summed E-state index contributed by atoms with van der Waals surface area (Å²) >= 11 is 1.72. The number of aromatic nitrogens is 1. The van der Waals surface area contributed by atoms with Gasteiger partial charge in [0.25, 0.3) is 0 Å². The lowest BCUT2D eigenvalue weighted by Gasteiger charge is -2.16. The Morgan fingerprint density at radius 1 is 1.61 bits per heavy atom. The lowest BCUT2D eigenvalue weighted by Crippen LogP contribution is -2.33. The fourth-order valence-corrected chi connectivity index (χ4v) is 2.78. The summed E-state index contributed by atoms with van der Waals surface area (Å²) in [6, 6.07) is 0. The summed E-state index contributed by atoms with van der Waals surface area (Å²) in [6.45, 7) is 6.98. The van der Waals surface area contributed by atoms with E-state index in [2.05, 4.69) is 34.6 Å². The van der Waals surface area contributed by atoms with E-state index in [1.807, 2.05) is 0 Å². The van der Waals surface area contributed by atoms with Gasteiger partial charge in [0.1, 0.15) is 0 Å². The molecule has 2 rings (SSSR count). The van der Waals surface area contributed by atoms with Crippen LogP contribution in [0.3, 0.4) is 0 Å². The molecule has 2 heterocycles. The summed E-state index contributed by atoms with van der Waals surface area (Å²) in [5.74, 6) is 0. The molecule has 0 radical (unpaired) electrons. The second-order valence-electron chi connectivity index (χ2n) is 4.93. The lowest BCUT2D eigenvalue weighted by atomic mass is 10.2. The monoisotopic (exact) mass is 269 g/mol. The average molecular weight is 269 g/mol. The van der Waals surface area contributed by atoms with Crippen LogP contribution in [-0.2, 0) is 11.3 Å². The molecule has 1 atom stereocenters. The van der Waals surface area contributed by atoms with E-state index < -0.39 is 0 Å². The Hall–Kier alpha value is -0.490. The standard InChI is InChI=1S/C13H23N3OS/c1-11-15-12(10-18-11)9-16(2)6-5-14-8-13-4-3-7-17-13/h10,13-14H,3-9H2,1-2H3. The molecule has 1 aliphatic heterocycles. The van der Waals surface area contributed by atoms with Crippen molar-refractivity contribution in [2.75, 3.05) is 33.3 Å². The fraction of sp³-hybridized carbons (Fsp3) is 0.769. The van der Waals surface area contributed by atoms with E-state index in [-0.39, 0.29) is 0 Å². The molecule has 1 N–H and O–H groups in total. The lowest BCUT2D eigenvalue weighted by molar-refractivity contribution is 0.109. The van der Waals surface area contributed by atoms with Crippen molar-refractivity contribution in [1.29, 1.82) is 0 Å². The van der Waals surface area contributed by atoms with Gasteiger partial charge in [-0.3, -0.25) is 4.90 Å². The summed E-state index contributed by atoms with van der Waals surface area (Å²) in [4.78, 5) is 6.78. The molecule has 0 saturated carbocycles. The Labute approximate surface area is 113 Å². The molecule has 0 aliphatic carbocycles. The van der Waals surface area contributed by atoms with Crippen molar-refractivity contribution in [2.24, 2.45) is 0 Å². The molecule has 0 spiro atoms. The summed E-state index contributed by atoms with van der Waals surface area (Å²) in [6.07, 6.45) is 2.87. The molecule has 4 nitrogen and oxygen atoms in total. The molecule has 1 aromatic rings. The molecule has 0 amide bonds. The Bertz CT molecular complexity index is 350. The second kappa shape index (κ2) is 7.19. The highest BCUT2D eigenvalue weighted by Crippen LogP contribution is 2.11. The SMILES string of the molecule is Cc1nc(CN(C)CCNCC2CCCO2)cs1. The Morgan fingerprint density at radius 2 is 2.50 bits per heavy atom. The minimum atomic E-state index is 0.441. The molecule has 0 bridgehead atoms. The zero-order chi connectivity index (χ0) is 12.8. The number of likely N-dealkylation sites (N-methyl/N-ethyl adjacent to an activating group) is 1. The number of aryl methyl sites for hydroxylation is 1. The van der Waals surface area contributed by atoms with Crippen LogP contribution in [0, 0.1) is 6.92 Å². The molecule has 1 fully saturated rings. The summed E-state index contributed by atoms with van der Waals surface area (Å²) in [7, 11) is 2.14. The van der Waals surface area contributed by atoms with Crippen LogP contribution in [0.25, 0.3) is 0 Å². The van der Waals surface area contributed by atoms with E-state index in [9.17, 15) is 0 Å². The second-order valence-corrected chi connectivity index (χ2v) is 6.00. The molecule has 1 unspecified atom stereocenters. The van der Waals surface area contributed by atoms with Gasteiger partial charge in [0.15, 0.2) is 0 Å². The van der Waals surface area contributed by atoms with Gasteiger partial charge in [0.2, 0.25) is 0 Å². The van der Waals surface area contributed by atoms with Crippen LogP contribution < -0.4 is 5.32 Å². The Balaban J connectivity index is 1.55. The minimum Gasteiger partial charge on any atom is -0.377 e. The first-order valence-electron chi connectivity index (χ1n) is 6.66. The Kier molecular flexibility index (Phi) is 5.56. The van der Waals surface area contributed by atoms with Crippen molar-refractivity contribution >= 4 is 11.3 Å². The van der Waals surface area contributed by atoms with E-state index in [0.29, 0.717) is 6.10 Å². The third kappa shape index (κ3) is 4.65. The van der Waals surface area contributed by atoms with E-state index >= 15 is 0 Å². The summed E-state index contributed by atoms with van der Waals surface area (Å²) < 4.78 is 5.57. The van der Waals surface area contributed by atoms with Crippen LogP contribution in [0.15, 0.2) is 5.38 Å². The van der Waals surface area contributed by atoms with Gasteiger partial charge in [-0.1, -0.05) is 0 Å². The van der Waals surface area contributed by atoms with Crippen LogP contribution in [0.1, 0.15) is 23.5 Å². The Morgan fingerprint density at radius 3 is 3.17 bits per heavy atom. The number of nitrogens with one attached hydrogen (secondary N) is 1. The number of ether oxygens (including phenoxy) is 1. The quantitative estimate of drug-likeness (QED) is 0.764. The van der Waals surface area contributed by atoms with Crippen molar-refractivity contribution in [3.8, 4) is 0 Å². The van der Waals surface area contributed by atoms with Crippen molar-refractivity contribution in [3.63, 3.8) is 0 Å². The van der Waals surface area contributed by atoms with E-state index in [0.717, 1.165) is 37.8 Å². The van der Waals surface area contributed by atoms with Gasteiger partial charge in [-0.25, -0.2) is 4.98 Å². The smallest absolute Gasteiger partial charge is 0.0897 e. The first-order chi connectivity index (χ1) is 8.74. The third-order valence-electron chi connectivity index (χ3n) is 3.16. The highest BCUT2D eigenvalue weighted by atomic mass is 32.1. The van der Waals surface area contributed by atoms with Gasteiger partial charge in [0.05, 0.1) is 16.8 Å². The molecular formula is C13H23N3OS. The number of rotatable bonds is 7. The maximum Gasteiger partial charge on any atom is 0.0897 e. The molecule has 1 aromatic heterocycles. The number of nitrogens with zero attached hydrogens (tertiary/aromatic N) is 2. The molecule has 1 saturated heterocycles. The highest BCUT2D eigenvalue weighted by Gasteiger charge is 2.14. The van der Waals surface area contributed by atoms with Crippen molar-refractivity contribution < 1.29 is 4.74 Å². The van der Waals surface area contributed by atoms with Gasteiger partial charge in [-0.05, 0) is 26.8 Å². The van der Waals surface area contributed by atoms with E-state index in [1.54, 1.807) is 11.3 Å². The zero-order valence-corrected chi connectivity index (χ0v) is 12.1. The predicted molar refractivity (Wildman–Crippen MR) is 75.0 cm³/mol. The third-order valence-corrected chi connectivity index (χ3v) is 3.99. The molecule has 0 aromatic carbocycles. The molecule has 102 valence electrons. The maximum atomic E-state index is 5.57. The van der Waals surface area contributed by atoms with Crippen molar-refractivity contribution in [2.45, 2.75) is 32.4 Å². The van der Waals surface area contributed by atoms with Crippen molar-refractivity contribution in [1.82, 2.24) is 15.2 Å². The van der Waals surface area contributed by atoms with Crippen LogP contribution in [0.2, 0.25) is 0 Å². The van der Waals surface area contributed by atoms with Gasteiger partial charge < -0.3 is 10.1 Å². The predicted octanol–water partition coefficient (Wildman–Crippen LogP) is 1.65. The molecule has 1 aliphatic rings. The van der Waals surface area contributed by atoms with E-state index in [4.69, 9.17) is 4.74 Å². The van der Waals surface area contributed by atoms with Crippen LogP contribution >= 0.6 is 11.3 Å². The first-order valence-corrected chi connectivity index (χ1v) is 7.54. The van der Waals surface area contributed by atoms with Gasteiger partial charge in [0, 0.05) is 38.2 Å². The van der Waals surface area contributed by atoms with Crippen LogP contribution in [0.5, 0.6) is 0 Å². The molecular weight excluding hydrogens is 246 g/mol. The van der Waals surface area contributed by atoms with Gasteiger partial charge in [-0.2, -0.15) is 0 Å². The number of hydrogen-bond acceptors (Lipinski definition) is 5. The first kappa shape index (κ1) is 13.9. The number of hydrogen-bond donors (Lipinski definition) is 1. The largest absolute Gasteiger partial charge is 0.377 e. The van der Waals surface area contributed by atoms with Crippen LogP contribution in [-0.4, -0.2) is 49.3 Å². The highest BCUT2D eigenvalue weighted by molar-refractivity contribution is 7.09. The van der Waals surface area contributed by atoms with E-state index in [1.165, 1.54) is 18.5 Å². The number of thiazole rings is 1. The van der Waals surface area contributed by atoms with Gasteiger partial charge >= 0.3 is 0 Å². The van der Waals surface area contributed by atoms with Gasteiger partial charge in [-0.15, -0.1) is 11.3 Å². The van der Waals surface area contributed by atoms with Crippen LogP contribution in [0.4, 0.5) is 0 Å². The van der Waals surface area contributed by atoms with Crippen molar-refractivity contribution in [3.05, 3.63) is 16.1 Å². The minimum absolute atomic E-state index is 0.441. The zero-order valence-electron chi connectivity index (χ0n) is 11.3. The average Bonchev–Trinajstić information content (AvgIpc) is 2.96. The summed E-state index contributed by atoms with van der Waals surface area (Å²) in [5.41, 5.74) is 1.18. The normalized spacial score (nSPS) is 19.8. The topological polar surface area (TPSA) is 37.4 Å². The molecule has 18 heavy (non-hydrogen) atoms.